The van der Waals surface area contributed by atoms with Gasteiger partial charge >= 0.3 is 0 Å². The van der Waals surface area contributed by atoms with Crippen molar-refractivity contribution in [1.82, 2.24) is 4.90 Å². The van der Waals surface area contributed by atoms with E-state index in [-0.39, 0.29) is 16.8 Å². The van der Waals surface area contributed by atoms with Gasteiger partial charge in [-0.05, 0) is 36.6 Å². The molecule has 0 aliphatic carbocycles. The number of likely N-dealkylation sites (tertiary alicyclic amines) is 1. The molecule has 0 radical (unpaired) electrons. The van der Waals surface area contributed by atoms with E-state index < -0.39 is 16.9 Å². The van der Waals surface area contributed by atoms with Crippen LogP contribution in [0, 0.1) is 11.6 Å². The summed E-state index contributed by atoms with van der Waals surface area (Å²) < 4.78 is 27.6. The van der Waals surface area contributed by atoms with Crippen molar-refractivity contribution in [1.29, 1.82) is 0 Å². The first kappa shape index (κ1) is 17.9. The second-order valence-electron chi connectivity index (χ2n) is 6.17. The summed E-state index contributed by atoms with van der Waals surface area (Å²) in [6.07, 6.45) is 1.75. The number of carbonyl (C=O) groups is 1. The Bertz CT molecular complexity index is 741. The predicted octanol–water partition coefficient (Wildman–Crippen LogP) is 3.75. The van der Waals surface area contributed by atoms with Crippen LogP contribution in [0.1, 0.15) is 23.7 Å². The van der Waals surface area contributed by atoms with Crippen molar-refractivity contribution in [3.8, 4) is 0 Å². The van der Waals surface area contributed by atoms with Crippen LogP contribution in [0.3, 0.4) is 0 Å². The number of nitrogens with zero attached hydrogens (tertiary/aromatic N) is 1. The van der Waals surface area contributed by atoms with E-state index in [4.69, 9.17) is 5.73 Å². The summed E-state index contributed by atoms with van der Waals surface area (Å²) in [5, 5.41) is -0.636. The molecule has 6 heteroatoms. The van der Waals surface area contributed by atoms with Crippen molar-refractivity contribution in [2.24, 2.45) is 5.73 Å². The normalized spacial score (nSPS) is 18.8. The maximum absolute atomic E-state index is 14.1. The molecule has 25 heavy (non-hydrogen) atoms. The van der Waals surface area contributed by atoms with Gasteiger partial charge in [-0.25, -0.2) is 8.78 Å². The SMILES string of the molecule is NC1CCCN(C(=O)C(Sc2cc(F)ccc2F)c2ccccc2)C1. The molecule has 1 aliphatic rings. The number of nitrogens with two attached hydrogens (primary N) is 1. The lowest BCUT2D eigenvalue weighted by Gasteiger charge is -2.33. The predicted molar refractivity (Wildman–Crippen MR) is 95.2 cm³/mol. The summed E-state index contributed by atoms with van der Waals surface area (Å²) in [4.78, 5) is 14.9. The van der Waals surface area contributed by atoms with Crippen molar-refractivity contribution >= 4 is 17.7 Å². The molecule has 0 spiro atoms. The monoisotopic (exact) mass is 362 g/mol. The van der Waals surface area contributed by atoms with Crippen LogP contribution in [0.15, 0.2) is 53.4 Å². The lowest BCUT2D eigenvalue weighted by Crippen LogP contribution is -2.47. The van der Waals surface area contributed by atoms with Gasteiger partial charge in [-0.3, -0.25) is 4.79 Å². The number of carbonyl (C=O) groups excluding carboxylic acids is 1. The summed E-state index contributed by atoms with van der Waals surface area (Å²) in [6.45, 7) is 1.14. The maximum atomic E-state index is 14.1. The Morgan fingerprint density at radius 2 is 1.96 bits per heavy atom. The third-order valence-corrected chi connectivity index (χ3v) is 5.51. The molecule has 2 N–H and O–H groups in total. The molecule has 3 nitrogen and oxygen atoms in total. The van der Waals surface area contributed by atoms with Crippen molar-refractivity contribution < 1.29 is 13.6 Å². The molecule has 132 valence electrons. The minimum absolute atomic E-state index is 0.0370. The zero-order chi connectivity index (χ0) is 17.8. The summed E-state index contributed by atoms with van der Waals surface area (Å²) in [5.41, 5.74) is 6.75. The fourth-order valence-corrected chi connectivity index (χ4v) is 4.12. The molecule has 0 bridgehead atoms. The van der Waals surface area contributed by atoms with Gasteiger partial charge in [0.1, 0.15) is 16.9 Å². The van der Waals surface area contributed by atoms with Crippen LogP contribution >= 0.6 is 11.8 Å². The van der Waals surface area contributed by atoms with Gasteiger partial charge in [0.25, 0.3) is 0 Å². The fourth-order valence-electron chi connectivity index (χ4n) is 2.96. The third-order valence-electron chi connectivity index (χ3n) is 4.23. The quantitative estimate of drug-likeness (QED) is 0.843. The Hall–Kier alpha value is -1.92. The van der Waals surface area contributed by atoms with Crippen molar-refractivity contribution in [3.63, 3.8) is 0 Å². The molecule has 1 fully saturated rings. The fraction of sp³-hybridized carbons (Fsp3) is 0.316. The maximum Gasteiger partial charge on any atom is 0.240 e. The first-order valence-electron chi connectivity index (χ1n) is 8.25. The van der Waals surface area contributed by atoms with Gasteiger partial charge in [0.05, 0.1) is 0 Å². The molecule has 3 rings (SSSR count). The van der Waals surface area contributed by atoms with Crippen LogP contribution in [0.2, 0.25) is 0 Å². The molecule has 0 aromatic heterocycles. The van der Waals surface area contributed by atoms with Crippen molar-refractivity contribution in [2.75, 3.05) is 13.1 Å². The smallest absolute Gasteiger partial charge is 0.240 e. The standard InChI is InChI=1S/C19H20F2N2OS/c20-14-8-9-16(21)17(11-14)25-18(13-5-2-1-3-6-13)19(24)23-10-4-7-15(22)12-23/h1-3,5-6,8-9,11,15,18H,4,7,10,12,22H2. The molecular formula is C19H20F2N2OS. The molecule has 1 amide bonds. The molecule has 1 aliphatic heterocycles. The molecular weight excluding hydrogens is 342 g/mol. The van der Waals surface area contributed by atoms with Crippen molar-refractivity contribution in [3.05, 3.63) is 65.7 Å². The Balaban J connectivity index is 1.90. The van der Waals surface area contributed by atoms with Gasteiger partial charge in [-0.2, -0.15) is 0 Å². The Morgan fingerprint density at radius 3 is 2.68 bits per heavy atom. The van der Waals surface area contributed by atoms with Crippen LogP contribution in [-0.2, 0) is 4.79 Å². The van der Waals surface area contributed by atoms with E-state index in [1.807, 2.05) is 30.3 Å². The summed E-state index contributed by atoms with van der Waals surface area (Å²) in [6, 6.07) is 12.4. The highest BCUT2D eigenvalue weighted by molar-refractivity contribution is 8.00. The molecule has 2 aromatic carbocycles. The number of amides is 1. The first-order valence-corrected chi connectivity index (χ1v) is 9.13. The van der Waals surface area contributed by atoms with Gasteiger partial charge < -0.3 is 10.6 Å². The third kappa shape index (κ3) is 4.38. The van der Waals surface area contributed by atoms with E-state index in [9.17, 15) is 13.6 Å². The molecule has 1 saturated heterocycles. The van der Waals surface area contributed by atoms with E-state index in [2.05, 4.69) is 0 Å². The van der Waals surface area contributed by atoms with Crippen LogP contribution in [0.25, 0.3) is 0 Å². The second kappa shape index (κ2) is 7.97. The van der Waals surface area contributed by atoms with Crippen LogP contribution in [-0.4, -0.2) is 29.9 Å². The molecule has 2 atom stereocenters. The molecule has 2 unspecified atom stereocenters. The molecule has 0 saturated carbocycles. The minimum Gasteiger partial charge on any atom is -0.340 e. The zero-order valence-electron chi connectivity index (χ0n) is 13.7. The minimum atomic E-state index is -0.636. The lowest BCUT2D eigenvalue weighted by molar-refractivity contribution is -0.131. The van der Waals surface area contributed by atoms with Crippen LogP contribution < -0.4 is 5.73 Å². The topological polar surface area (TPSA) is 46.3 Å². The number of hydrogen-bond donors (Lipinski definition) is 1. The number of halogens is 2. The van der Waals surface area contributed by atoms with Crippen LogP contribution in [0.4, 0.5) is 8.78 Å². The zero-order valence-corrected chi connectivity index (χ0v) is 14.5. The van der Waals surface area contributed by atoms with Gasteiger partial charge in [-0.1, -0.05) is 30.3 Å². The van der Waals surface area contributed by atoms with E-state index in [1.54, 1.807) is 4.90 Å². The summed E-state index contributed by atoms with van der Waals surface area (Å²) >= 11 is 1.04. The first-order chi connectivity index (χ1) is 12.0. The average molecular weight is 362 g/mol. The van der Waals surface area contributed by atoms with E-state index in [0.717, 1.165) is 48.4 Å². The lowest BCUT2D eigenvalue weighted by atomic mass is 10.0. The number of rotatable bonds is 4. The highest BCUT2D eigenvalue weighted by atomic mass is 32.2. The number of hydrogen-bond acceptors (Lipinski definition) is 3. The number of benzene rings is 2. The van der Waals surface area contributed by atoms with Crippen molar-refractivity contribution in [2.45, 2.75) is 29.0 Å². The largest absolute Gasteiger partial charge is 0.340 e. The van der Waals surface area contributed by atoms with E-state index in [0.29, 0.717) is 13.1 Å². The van der Waals surface area contributed by atoms with E-state index >= 15 is 0 Å². The van der Waals surface area contributed by atoms with Gasteiger partial charge in [0, 0.05) is 24.0 Å². The Kier molecular flexibility index (Phi) is 5.71. The summed E-state index contributed by atoms with van der Waals surface area (Å²) in [7, 11) is 0. The Morgan fingerprint density at radius 1 is 1.20 bits per heavy atom. The summed E-state index contributed by atoms with van der Waals surface area (Å²) in [5.74, 6) is -1.17. The average Bonchev–Trinajstić information content (AvgIpc) is 2.62. The van der Waals surface area contributed by atoms with Gasteiger partial charge in [0.15, 0.2) is 0 Å². The Labute approximate surface area is 150 Å². The number of thioether (sulfide) groups is 1. The van der Waals surface area contributed by atoms with Crippen LogP contribution in [0.5, 0.6) is 0 Å². The second-order valence-corrected chi connectivity index (χ2v) is 7.32. The van der Waals surface area contributed by atoms with Gasteiger partial charge in [-0.15, -0.1) is 11.8 Å². The molecule has 2 aromatic rings. The number of piperidine rings is 1. The van der Waals surface area contributed by atoms with E-state index in [1.165, 1.54) is 0 Å². The highest BCUT2D eigenvalue weighted by Crippen LogP contribution is 2.38. The molecule has 1 heterocycles. The highest BCUT2D eigenvalue weighted by Gasteiger charge is 2.30. The van der Waals surface area contributed by atoms with Gasteiger partial charge in [0.2, 0.25) is 5.91 Å².